The molecular weight excluding hydrogens is 192 g/mol. The summed E-state index contributed by atoms with van der Waals surface area (Å²) >= 11 is 0. The van der Waals surface area contributed by atoms with E-state index in [2.05, 4.69) is 5.92 Å². The van der Waals surface area contributed by atoms with Crippen LogP contribution in [0.15, 0.2) is 18.2 Å². The average Bonchev–Trinajstić information content (AvgIpc) is 2.17. The van der Waals surface area contributed by atoms with E-state index in [9.17, 15) is 9.59 Å². The zero-order valence-corrected chi connectivity index (χ0v) is 7.99. The number of terminal acetylenes is 1. The molecule has 1 aromatic rings. The van der Waals surface area contributed by atoms with Gasteiger partial charge < -0.3 is 11.5 Å². The zero-order chi connectivity index (χ0) is 11.4. The Morgan fingerprint density at radius 2 is 1.67 bits per heavy atom. The number of benzene rings is 1. The molecule has 0 heterocycles. The molecule has 4 N–H and O–H groups in total. The highest BCUT2D eigenvalue weighted by atomic mass is 16.1. The molecule has 0 saturated carbocycles. The van der Waals surface area contributed by atoms with Gasteiger partial charge in [0.05, 0.1) is 0 Å². The minimum absolute atomic E-state index is 0.150. The van der Waals surface area contributed by atoms with E-state index in [1.807, 2.05) is 0 Å². The first-order valence-electron chi connectivity index (χ1n) is 4.23. The molecule has 0 aliphatic carbocycles. The van der Waals surface area contributed by atoms with Crippen LogP contribution in [0.1, 0.15) is 26.3 Å². The van der Waals surface area contributed by atoms with E-state index in [0.29, 0.717) is 5.56 Å². The van der Waals surface area contributed by atoms with Gasteiger partial charge in [-0.1, -0.05) is 6.07 Å². The summed E-state index contributed by atoms with van der Waals surface area (Å²) in [5.74, 6) is 1.12. The van der Waals surface area contributed by atoms with Crippen LogP contribution in [0.4, 0.5) is 0 Å². The van der Waals surface area contributed by atoms with Gasteiger partial charge in [0.2, 0.25) is 11.8 Å². The van der Waals surface area contributed by atoms with Gasteiger partial charge in [-0.2, -0.15) is 0 Å². The molecule has 76 valence electrons. The lowest BCUT2D eigenvalue weighted by molar-refractivity contribution is 0.0999. The lowest BCUT2D eigenvalue weighted by atomic mass is 9.97. The van der Waals surface area contributed by atoms with Gasteiger partial charge in [0.25, 0.3) is 0 Å². The van der Waals surface area contributed by atoms with Gasteiger partial charge in [0, 0.05) is 17.5 Å². The molecule has 0 aromatic heterocycles. The van der Waals surface area contributed by atoms with Gasteiger partial charge in [0.15, 0.2) is 0 Å². The van der Waals surface area contributed by atoms with Crippen molar-refractivity contribution in [3.05, 3.63) is 34.9 Å². The molecule has 0 saturated heterocycles. The summed E-state index contributed by atoms with van der Waals surface area (Å²) < 4.78 is 0. The Morgan fingerprint density at radius 1 is 1.20 bits per heavy atom. The van der Waals surface area contributed by atoms with E-state index in [1.54, 1.807) is 6.07 Å². The van der Waals surface area contributed by atoms with Gasteiger partial charge in [0.1, 0.15) is 0 Å². The summed E-state index contributed by atoms with van der Waals surface area (Å²) in [6.07, 6.45) is 5.29. The molecule has 4 heteroatoms. The maximum absolute atomic E-state index is 11.1. The lowest BCUT2D eigenvalue weighted by Crippen LogP contribution is -2.19. The first-order chi connectivity index (χ1) is 7.07. The van der Waals surface area contributed by atoms with Crippen LogP contribution in [0.25, 0.3) is 0 Å². The predicted octanol–water partition coefficient (Wildman–Crippen LogP) is 0.0601. The van der Waals surface area contributed by atoms with Crippen LogP contribution in [-0.2, 0) is 6.42 Å². The van der Waals surface area contributed by atoms with E-state index < -0.39 is 11.8 Å². The highest BCUT2D eigenvalue weighted by molar-refractivity contribution is 6.01. The van der Waals surface area contributed by atoms with Crippen molar-refractivity contribution in [2.45, 2.75) is 6.42 Å². The van der Waals surface area contributed by atoms with Crippen molar-refractivity contribution >= 4 is 11.8 Å². The maximum atomic E-state index is 11.1. The number of hydrogen-bond acceptors (Lipinski definition) is 2. The molecule has 0 fully saturated rings. The lowest BCUT2D eigenvalue weighted by Gasteiger charge is -2.07. The van der Waals surface area contributed by atoms with E-state index in [0.717, 1.165) is 0 Å². The summed E-state index contributed by atoms with van der Waals surface area (Å²) in [6, 6.07) is 4.57. The highest BCUT2D eigenvalue weighted by Crippen LogP contribution is 2.14. The van der Waals surface area contributed by atoms with Crippen molar-refractivity contribution in [1.29, 1.82) is 0 Å². The van der Waals surface area contributed by atoms with Crippen LogP contribution in [0.2, 0.25) is 0 Å². The molecule has 2 amide bonds. The molecule has 0 bridgehead atoms. The Bertz CT molecular complexity index is 426. The van der Waals surface area contributed by atoms with Gasteiger partial charge in [-0.15, -0.1) is 12.3 Å². The Hall–Kier alpha value is -2.28. The van der Waals surface area contributed by atoms with E-state index in [4.69, 9.17) is 17.9 Å². The number of carbonyl (C=O) groups is 2. The largest absolute Gasteiger partial charge is 0.366 e. The smallest absolute Gasteiger partial charge is 0.249 e. The summed E-state index contributed by atoms with van der Waals surface area (Å²) in [4.78, 5) is 22.1. The first kappa shape index (κ1) is 10.8. The number of rotatable bonds is 3. The molecule has 0 spiro atoms. The number of amides is 2. The second-order valence-corrected chi connectivity index (χ2v) is 2.94. The third-order valence-electron chi connectivity index (χ3n) is 1.99. The summed E-state index contributed by atoms with van der Waals surface area (Å²) in [7, 11) is 0. The molecule has 0 aliphatic heterocycles. The SMILES string of the molecule is C#CCc1c(C(N)=O)cccc1C(N)=O. The molecule has 1 aromatic carbocycles. The Balaban J connectivity index is 3.42. The summed E-state index contributed by atoms with van der Waals surface area (Å²) in [6.45, 7) is 0. The van der Waals surface area contributed by atoms with Crippen LogP contribution in [0, 0.1) is 12.3 Å². The van der Waals surface area contributed by atoms with Crippen LogP contribution >= 0.6 is 0 Å². The minimum atomic E-state index is -0.622. The van der Waals surface area contributed by atoms with Crippen molar-refractivity contribution < 1.29 is 9.59 Å². The molecule has 0 atom stereocenters. The molecule has 0 unspecified atom stereocenters. The Kier molecular flexibility index (Phi) is 3.09. The summed E-state index contributed by atoms with van der Waals surface area (Å²) in [5, 5.41) is 0. The number of hydrogen-bond donors (Lipinski definition) is 2. The zero-order valence-electron chi connectivity index (χ0n) is 7.99. The van der Waals surface area contributed by atoms with Gasteiger partial charge in [-0.25, -0.2) is 0 Å². The average molecular weight is 202 g/mol. The van der Waals surface area contributed by atoms with E-state index in [-0.39, 0.29) is 17.5 Å². The summed E-state index contributed by atoms with van der Waals surface area (Å²) in [5.41, 5.74) is 11.2. The highest BCUT2D eigenvalue weighted by Gasteiger charge is 2.14. The van der Waals surface area contributed by atoms with Gasteiger partial charge in [-0.05, 0) is 17.7 Å². The van der Waals surface area contributed by atoms with E-state index in [1.165, 1.54) is 12.1 Å². The van der Waals surface area contributed by atoms with Crippen LogP contribution in [-0.4, -0.2) is 11.8 Å². The van der Waals surface area contributed by atoms with Crippen molar-refractivity contribution in [1.82, 2.24) is 0 Å². The third kappa shape index (κ3) is 2.15. The quantitative estimate of drug-likeness (QED) is 0.679. The molecule has 15 heavy (non-hydrogen) atoms. The topological polar surface area (TPSA) is 86.2 Å². The number of carbonyl (C=O) groups excluding carboxylic acids is 2. The maximum Gasteiger partial charge on any atom is 0.249 e. The van der Waals surface area contributed by atoms with Crippen molar-refractivity contribution in [3.8, 4) is 12.3 Å². The molecule has 0 aliphatic rings. The second-order valence-electron chi connectivity index (χ2n) is 2.94. The third-order valence-corrected chi connectivity index (χ3v) is 1.99. The number of nitrogens with two attached hydrogens (primary N) is 2. The molecular formula is C11H10N2O2. The molecule has 4 nitrogen and oxygen atoms in total. The standard InChI is InChI=1S/C11H10N2O2/c1-2-4-7-8(10(12)14)5-3-6-9(7)11(13)15/h1,3,5-6H,4H2,(H2,12,14)(H2,13,15). The fourth-order valence-electron chi connectivity index (χ4n) is 1.34. The van der Waals surface area contributed by atoms with Crippen LogP contribution in [0.3, 0.4) is 0 Å². The Labute approximate surface area is 87.3 Å². The molecule has 1 rings (SSSR count). The normalized spacial score (nSPS) is 9.27. The Morgan fingerprint density at radius 3 is 2.00 bits per heavy atom. The predicted molar refractivity (Wildman–Crippen MR) is 56.0 cm³/mol. The van der Waals surface area contributed by atoms with E-state index >= 15 is 0 Å². The second kappa shape index (κ2) is 4.29. The fraction of sp³-hybridized carbons (Fsp3) is 0.0909. The van der Waals surface area contributed by atoms with Crippen molar-refractivity contribution in [2.24, 2.45) is 11.5 Å². The van der Waals surface area contributed by atoms with Crippen molar-refractivity contribution in [2.75, 3.05) is 0 Å². The fourth-order valence-corrected chi connectivity index (χ4v) is 1.34. The van der Waals surface area contributed by atoms with Crippen molar-refractivity contribution in [3.63, 3.8) is 0 Å². The van der Waals surface area contributed by atoms with Gasteiger partial charge >= 0.3 is 0 Å². The monoisotopic (exact) mass is 202 g/mol. The molecule has 0 radical (unpaired) electrons. The van der Waals surface area contributed by atoms with Crippen LogP contribution < -0.4 is 11.5 Å². The minimum Gasteiger partial charge on any atom is -0.366 e. The van der Waals surface area contributed by atoms with Gasteiger partial charge in [-0.3, -0.25) is 9.59 Å². The number of primary amides is 2. The first-order valence-corrected chi connectivity index (χ1v) is 4.23. The van der Waals surface area contributed by atoms with Crippen LogP contribution in [0.5, 0.6) is 0 Å².